The van der Waals surface area contributed by atoms with Gasteiger partial charge >= 0.3 is 5.97 Å². The summed E-state index contributed by atoms with van der Waals surface area (Å²) >= 11 is 0. The van der Waals surface area contributed by atoms with E-state index in [0.717, 1.165) is 12.0 Å². The molecule has 0 aliphatic heterocycles. The van der Waals surface area contributed by atoms with Crippen LogP contribution in [-0.4, -0.2) is 31.1 Å². The lowest BCUT2D eigenvalue weighted by Crippen LogP contribution is -2.35. The standard InChI is InChI=1S/C18H27NO4/c1-6-14(5)19-17(20)10-23-18(21)11-22-15-7-8-16(12(2)3)13(4)9-15/h7-9,12,14H,6,10-11H2,1-5H3,(H,19,20). The van der Waals surface area contributed by atoms with Crippen molar-refractivity contribution in [3.8, 4) is 5.75 Å². The van der Waals surface area contributed by atoms with Gasteiger partial charge in [0.15, 0.2) is 13.2 Å². The van der Waals surface area contributed by atoms with E-state index in [2.05, 4.69) is 19.2 Å². The topological polar surface area (TPSA) is 64.6 Å². The molecule has 0 aliphatic rings. The molecule has 0 aromatic heterocycles. The SMILES string of the molecule is CCC(C)NC(=O)COC(=O)COc1ccc(C(C)C)c(C)c1. The Balaban J connectivity index is 2.39. The molecular weight excluding hydrogens is 294 g/mol. The van der Waals surface area contributed by atoms with Crippen molar-refractivity contribution < 1.29 is 19.1 Å². The van der Waals surface area contributed by atoms with Gasteiger partial charge in [0.25, 0.3) is 5.91 Å². The molecule has 1 aromatic rings. The number of hydrogen-bond donors (Lipinski definition) is 1. The van der Waals surface area contributed by atoms with Gasteiger partial charge in [-0.15, -0.1) is 0 Å². The maximum absolute atomic E-state index is 11.6. The smallest absolute Gasteiger partial charge is 0.344 e. The predicted octanol–water partition coefficient (Wildman–Crippen LogP) is 2.96. The Labute approximate surface area is 138 Å². The van der Waals surface area contributed by atoms with Gasteiger partial charge in [-0.05, 0) is 49.4 Å². The summed E-state index contributed by atoms with van der Waals surface area (Å²) in [5.74, 6) is 0.200. The number of carbonyl (C=O) groups excluding carboxylic acids is 2. The molecule has 0 radical (unpaired) electrons. The minimum absolute atomic E-state index is 0.0694. The molecule has 1 aromatic carbocycles. The summed E-state index contributed by atoms with van der Waals surface area (Å²) in [7, 11) is 0. The van der Waals surface area contributed by atoms with Crippen molar-refractivity contribution in [2.24, 2.45) is 0 Å². The number of esters is 1. The third-order valence-electron chi connectivity index (χ3n) is 3.60. The molecule has 1 amide bonds. The Kier molecular flexibility index (Phi) is 7.59. The number of benzene rings is 1. The highest BCUT2D eigenvalue weighted by atomic mass is 16.6. The number of rotatable bonds is 8. The highest BCUT2D eigenvalue weighted by Gasteiger charge is 2.11. The highest BCUT2D eigenvalue weighted by molar-refractivity contribution is 5.81. The second kappa shape index (κ2) is 9.18. The fraction of sp³-hybridized carbons (Fsp3) is 0.556. The van der Waals surface area contributed by atoms with Crippen LogP contribution in [0, 0.1) is 6.92 Å². The van der Waals surface area contributed by atoms with Crippen molar-refractivity contribution in [3.05, 3.63) is 29.3 Å². The van der Waals surface area contributed by atoms with E-state index in [4.69, 9.17) is 9.47 Å². The average Bonchev–Trinajstić information content (AvgIpc) is 2.50. The van der Waals surface area contributed by atoms with Gasteiger partial charge in [-0.1, -0.05) is 26.8 Å². The summed E-state index contributed by atoms with van der Waals surface area (Å²) in [5.41, 5.74) is 2.38. The van der Waals surface area contributed by atoms with Gasteiger partial charge in [-0.2, -0.15) is 0 Å². The van der Waals surface area contributed by atoms with E-state index in [1.54, 1.807) is 0 Å². The Morgan fingerprint density at radius 2 is 1.87 bits per heavy atom. The first-order valence-electron chi connectivity index (χ1n) is 8.01. The fourth-order valence-electron chi connectivity index (χ4n) is 2.13. The van der Waals surface area contributed by atoms with Crippen LogP contribution < -0.4 is 10.1 Å². The molecule has 0 heterocycles. The molecule has 0 spiro atoms. The lowest BCUT2D eigenvalue weighted by Gasteiger charge is -2.13. The van der Waals surface area contributed by atoms with Gasteiger partial charge in [0.05, 0.1) is 0 Å². The molecule has 23 heavy (non-hydrogen) atoms. The quantitative estimate of drug-likeness (QED) is 0.748. The van der Waals surface area contributed by atoms with Crippen LogP contribution in [0.5, 0.6) is 5.75 Å². The summed E-state index contributed by atoms with van der Waals surface area (Å²) in [6, 6.07) is 5.81. The minimum Gasteiger partial charge on any atom is -0.482 e. The zero-order chi connectivity index (χ0) is 17.4. The largest absolute Gasteiger partial charge is 0.482 e. The van der Waals surface area contributed by atoms with Crippen molar-refractivity contribution in [1.82, 2.24) is 5.32 Å². The third-order valence-corrected chi connectivity index (χ3v) is 3.60. The van der Waals surface area contributed by atoms with Crippen LogP contribution in [0.4, 0.5) is 0 Å². The molecule has 0 fully saturated rings. The van der Waals surface area contributed by atoms with Crippen molar-refractivity contribution in [3.63, 3.8) is 0 Å². The number of nitrogens with one attached hydrogen (secondary N) is 1. The first kappa shape index (κ1) is 19.0. The predicted molar refractivity (Wildman–Crippen MR) is 89.6 cm³/mol. The van der Waals surface area contributed by atoms with Crippen LogP contribution >= 0.6 is 0 Å². The molecule has 5 nitrogen and oxygen atoms in total. The Morgan fingerprint density at radius 1 is 1.17 bits per heavy atom. The number of ether oxygens (including phenoxy) is 2. The van der Waals surface area contributed by atoms with Crippen LogP contribution in [0.3, 0.4) is 0 Å². The number of aryl methyl sites for hydroxylation is 1. The monoisotopic (exact) mass is 321 g/mol. The summed E-state index contributed by atoms with van der Waals surface area (Å²) in [6.07, 6.45) is 0.828. The van der Waals surface area contributed by atoms with E-state index in [1.807, 2.05) is 39.0 Å². The molecular formula is C18H27NO4. The summed E-state index contributed by atoms with van der Waals surface area (Å²) < 4.78 is 10.3. The van der Waals surface area contributed by atoms with E-state index in [0.29, 0.717) is 11.7 Å². The second-order valence-electron chi connectivity index (χ2n) is 6.00. The summed E-state index contributed by atoms with van der Waals surface area (Å²) in [6.45, 7) is 9.65. The zero-order valence-electron chi connectivity index (χ0n) is 14.6. The Morgan fingerprint density at radius 3 is 2.43 bits per heavy atom. The van der Waals surface area contributed by atoms with Crippen molar-refractivity contribution in [2.75, 3.05) is 13.2 Å². The van der Waals surface area contributed by atoms with Crippen LogP contribution in [0.1, 0.15) is 51.2 Å². The summed E-state index contributed by atoms with van der Waals surface area (Å²) in [4.78, 5) is 23.1. The lowest BCUT2D eigenvalue weighted by atomic mass is 9.98. The molecule has 1 unspecified atom stereocenters. The molecule has 5 heteroatoms. The molecule has 0 aliphatic carbocycles. The van der Waals surface area contributed by atoms with Gasteiger partial charge < -0.3 is 14.8 Å². The van der Waals surface area contributed by atoms with Crippen molar-refractivity contribution in [2.45, 2.75) is 53.0 Å². The number of carbonyl (C=O) groups is 2. The molecule has 1 atom stereocenters. The van der Waals surface area contributed by atoms with Gasteiger partial charge in [-0.3, -0.25) is 4.79 Å². The Bertz CT molecular complexity index is 540. The van der Waals surface area contributed by atoms with Gasteiger partial charge in [0, 0.05) is 6.04 Å². The maximum Gasteiger partial charge on any atom is 0.344 e. The summed E-state index contributed by atoms with van der Waals surface area (Å²) in [5, 5.41) is 2.73. The fourth-order valence-corrected chi connectivity index (χ4v) is 2.13. The number of hydrogen-bond acceptors (Lipinski definition) is 4. The van der Waals surface area contributed by atoms with Crippen LogP contribution in [0.15, 0.2) is 18.2 Å². The van der Waals surface area contributed by atoms with E-state index in [9.17, 15) is 9.59 Å². The van der Waals surface area contributed by atoms with Crippen LogP contribution in [0.2, 0.25) is 0 Å². The van der Waals surface area contributed by atoms with Crippen molar-refractivity contribution in [1.29, 1.82) is 0 Å². The average molecular weight is 321 g/mol. The van der Waals surface area contributed by atoms with Crippen LogP contribution in [-0.2, 0) is 14.3 Å². The minimum atomic E-state index is -0.560. The normalized spacial score (nSPS) is 11.9. The first-order valence-corrected chi connectivity index (χ1v) is 8.01. The molecule has 1 rings (SSSR count). The second-order valence-corrected chi connectivity index (χ2v) is 6.00. The van der Waals surface area contributed by atoms with Gasteiger partial charge in [0.2, 0.25) is 0 Å². The molecule has 1 N–H and O–H groups in total. The molecule has 128 valence electrons. The van der Waals surface area contributed by atoms with E-state index >= 15 is 0 Å². The molecule has 0 bridgehead atoms. The first-order chi connectivity index (χ1) is 10.8. The van der Waals surface area contributed by atoms with E-state index in [1.165, 1.54) is 5.56 Å². The van der Waals surface area contributed by atoms with Crippen LogP contribution in [0.25, 0.3) is 0 Å². The molecule has 0 saturated heterocycles. The number of amides is 1. The zero-order valence-corrected chi connectivity index (χ0v) is 14.6. The third kappa shape index (κ3) is 6.72. The Hall–Kier alpha value is -2.04. The van der Waals surface area contributed by atoms with Gasteiger partial charge in [-0.25, -0.2) is 4.79 Å². The van der Waals surface area contributed by atoms with E-state index in [-0.39, 0.29) is 25.2 Å². The van der Waals surface area contributed by atoms with Crippen molar-refractivity contribution >= 4 is 11.9 Å². The maximum atomic E-state index is 11.6. The lowest BCUT2D eigenvalue weighted by molar-refractivity contribution is -0.150. The molecule has 0 saturated carbocycles. The highest BCUT2D eigenvalue weighted by Crippen LogP contribution is 2.23. The van der Waals surface area contributed by atoms with E-state index < -0.39 is 5.97 Å². The van der Waals surface area contributed by atoms with Gasteiger partial charge in [0.1, 0.15) is 5.75 Å².